The van der Waals surface area contributed by atoms with Crippen molar-refractivity contribution in [2.45, 2.75) is 20.3 Å². The van der Waals surface area contributed by atoms with Gasteiger partial charge >= 0.3 is 0 Å². The summed E-state index contributed by atoms with van der Waals surface area (Å²) in [5, 5.41) is 10.7. The minimum absolute atomic E-state index is 0.735. The summed E-state index contributed by atoms with van der Waals surface area (Å²) in [6.07, 6.45) is 1.03. The molecule has 0 saturated carbocycles. The molecule has 10 heavy (non-hydrogen) atoms. The average Bonchev–Trinajstić information content (AvgIpc) is 1.88. The summed E-state index contributed by atoms with van der Waals surface area (Å²) in [5.74, 6) is 0. The Morgan fingerprint density at radius 1 is 1.60 bits per heavy atom. The summed E-state index contributed by atoms with van der Waals surface area (Å²) in [7, 11) is 0. The molecular formula is C8H14N2. The van der Waals surface area contributed by atoms with Crippen LogP contribution in [0.4, 0.5) is 0 Å². The van der Waals surface area contributed by atoms with Crippen LogP contribution in [0.3, 0.4) is 0 Å². The SMILES string of the molecule is CC(=N)C1=C(C)CNCC1. The highest BCUT2D eigenvalue weighted by Gasteiger charge is 2.08. The molecule has 2 nitrogen and oxygen atoms in total. The van der Waals surface area contributed by atoms with Crippen LogP contribution >= 0.6 is 0 Å². The van der Waals surface area contributed by atoms with Crippen LogP contribution in [0.15, 0.2) is 11.1 Å². The highest BCUT2D eigenvalue weighted by molar-refractivity contribution is 5.96. The van der Waals surface area contributed by atoms with Crippen LogP contribution < -0.4 is 5.32 Å². The molecule has 0 unspecified atom stereocenters. The van der Waals surface area contributed by atoms with Crippen LogP contribution in [0.2, 0.25) is 0 Å². The van der Waals surface area contributed by atoms with Crippen LogP contribution in [0.25, 0.3) is 0 Å². The van der Waals surface area contributed by atoms with Gasteiger partial charge in [-0.05, 0) is 32.4 Å². The summed E-state index contributed by atoms with van der Waals surface area (Å²) >= 11 is 0. The topological polar surface area (TPSA) is 35.9 Å². The lowest BCUT2D eigenvalue weighted by molar-refractivity contribution is 0.690. The lowest BCUT2D eigenvalue weighted by Crippen LogP contribution is -2.25. The van der Waals surface area contributed by atoms with Crippen molar-refractivity contribution in [3.8, 4) is 0 Å². The first-order valence-electron chi connectivity index (χ1n) is 3.66. The van der Waals surface area contributed by atoms with Gasteiger partial charge in [0.15, 0.2) is 0 Å². The van der Waals surface area contributed by atoms with Gasteiger partial charge in [-0.3, -0.25) is 0 Å². The number of hydrogen-bond donors (Lipinski definition) is 2. The molecule has 0 aliphatic carbocycles. The molecule has 0 aromatic carbocycles. The first-order valence-corrected chi connectivity index (χ1v) is 3.66. The molecule has 2 N–H and O–H groups in total. The monoisotopic (exact) mass is 138 g/mol. The highest BCUT2D eigenvalue weighted by atomic mass is 14.9. The van der Waals surface area contributed by atoms with E-state index in [0.29, 0.717) is 0 Å². The molecule has 0 atom stereocenters. The zero-order valence-corrected chi connectivity index (χ0v) is 6.62. The van der Waals surface area contributed by atoms with Crippen LogP contribution in [-0.2, 0) is 0 Å². The van der Waals surface area contributed by atoms with Crippen molar-refractivity contribution in [1.29, 1.82) is 5.41 Å². The van der Waals surface area contributed by atoms with Gasteiger partial charge in [0.2, 0.25) is 0 Å². The van der Waals surface area contributed by atoms with E-state index in [1.54, 1.807) is 0 Å². The van der Waals surface area contributed by atoms with E-state index in [1.165, 1.54) is 11.1 Å². The van der Waals surface area contributed by atoms with Gasteiger partial charge in [-0.25, -0.2) is 0 Å². The van der Waals surface area contributed by atoms with Gasteiger partial charge in [0.05, 0.1) is 0 Å². The van der Waals surface area contributed by atoms with Gasteiger partial charge in [0.25, 0.3) is 0 Å². The molecule has 1 aliphatic rings. The van der Waals surface area contributed by atoms with E-state index in [2.05, 4.69) is 12.2 Å². The first kappa shape index (κ1) is 7.48. The lowest BCUT2D eigenvalue weighted by atomic mass is 9.99. The molecule has 0 fully saturated rings. The third-order valence-corrected chi connectivity index (χ3v) is 1.91. The minimum Gasteiger partial charge on any atom is -0.313 e. The van der Waals surface area contributed by atoms with E-state index >= 15 is 0 Å². The Bertz CT molecular complexity index is 180. The molecule has 0 aromatic heterocycles. The van der Waals surface area contributed by atoms with E-state index in [4.69, 9.17) is 5.41 Å². The first-order chi connectivity index (χ1) is 4.72. The van der Waals surface area contributed by atoms with E-state index in [0.717, 1.165) is 25.2 Å². The summed E-state index contributed by atoms with van der Waals surface area (Å²) in [6.45, 7) is 5.96. The predicted octanol–water partition coefficient (Wildman–Crippen LogP) is 1.34. The number of rotatable bonds is 1. The molecule has 0 saturated heterocycles. The van der Waals surface area contributed by atoms with Crippen molar-refractivity contribution in [3.63, 3.8) is 0 Å². The van der Waals surface area contributed by atoms with Crippen molar-refractivity contribution < 1.29 is 0 Å². The van der Waals surface area contributed by atoms with Gasteiger partial charge in [0.1, 0.15) is 0 Å². The smallest absolute Gasteiger partial charge is 0.0315 e. The summed E-state index contributed by atoms with van der Waals surface area (Å²) < 4.78 is 0. The fourth-order valence-corrected chi connectivity index (χ4v) is 1.32. The Morgan fingerprint density at radius 3 is 2.70 bits per heavy atom. The van der Waals surface area contributed by atoms with Crippen LogP contribution in [0.1, 0.15) is 20.3 Å². The molecule has 0 aromatic rings. The van der Waals surface area contributed by atoms with Crippen molar-refractivity contribution in [2.75, 3.05) is 13.1 Å². The van der Waals surface area contributed by atoms with Crippen molar-refractivity contribution >= 4 is 5.71 Å². The molecule has 0 spiro atoms. The molecule has 1 aliphatic heterocycles. The maximum Gasteiger partial charge on any atom is 0.0315 e. The van der Waals surface area contributed by atoms with Gasteiger partial charge in [-0.2, -0.15) is 0 Å². The fourth-order valence-electron chi connectivity index (χ4n) is 1.32. The average molecular weight is 138 g/mol. The Hall–Kier alpha value is -0.630. The normalized spacial score (nSPS) is 19.4. The van der Waals surface area contributed by atoms with E-state index in [1.807, 2.05) is 6.92 Å². The van der Waals surface area contributed by atoms with Crippen molar-refractivity contribution in [2.24, 2.45) is 0 Å². The van der Waals surface area contributed by atoms with E-state index < -0.39 is 0 Å². The minimum atomic E-state index is 0.735. The van der Waals surface area contributed by atoms with Gasteiger partial charge in [-0.15, -0.1) is 0 Å². The molecule has 0 radical (unpaired) electrons. The molecular weight excluding hydrogens is 124 g/mol. The molecule has 0 amide bonds. The van der Waals surface area contributed by atoms with Crippen LogP contribution in [-0.4, -0.2) is 18.8 Å². The predicted molar refractivity (Wildman–Crippen MR) is 43.6 cm³/mol. The number of nitrogens with one attached hydrogen (secondary N) is 2. The van der Waals surface area contributed by atoms with Crippen LogP contribution in [0.5, 0.6) is 0 Å². The van der Waals surface area contributed by atoms with Gasteiger partial charge in [0, 0.05) is 12.3 Å². The zero-order chi connectivity index (χ0) is 7.56. The van der Waals surface area contributed by atoms with Crippen molar-refractivity contribution in [1.82, 2.24) is 5.32 Å². The van der Waals surface area contributed by atoms with E-state index in [-0.39, 0.29) is 0 Å². The van der Waals surface area contributed by atoms with Gasteiger partial charge < -0.3 is 10.7 Å². The second kappa shape index (κ2) is 2.97. The zero-order valence-electron chi connectivity index (χ0n) is 6.62. The highest BCUT2D eigenvalue weighted by Crippen LogP contribution is 2.12. The Morgan fingerprint density at radius 2 is 2.30 bits per heavy atom. The Labute approximate surface area is 61.8 Å². The quantitative estimate of drug-likeness (QED) is 0.527. The maximum atomic E-state index is 7.43. The molecule has 2 heteroatoms. The fraction of sp³-hybridized carbons (Fsp3) is 0.625. The summed E-state index contributed by atoms with van der Waals surface area (Å²) in [5.41, 5.74) is 3.32. The second-order valence-corrected chi connectivity index (χ2v) is 2.81. The standard InChI is InChI=1S/C8H14N2/c1-6-5-10-4-3-8(6)7(2)9/h9-10H,3-5H2,1-2H3. The molecule has 0 bridgehead atoms. The second-order valence-electron chi connectivity index (χ2n) is 2.81. The molecule has 1 heterocycles. The Kier molecular flexibility index (Phi) is 2.22. The summed E-state index contributed by atoms with van der Waals surface area (Å²) in [6, 6.07) is 0. The van der Waals surface area contributed by atoms with Gasteiger partial charge in [-0.1, -0.05) is 5.57 Å². The molecule has 56 valence electrons. The van der Waals surface area contributed by atoms with E-state index in [9.17, 15) is 0 Å². The third-order valence-electron chi connectivity index (χ3n) is 1.91. The maximum absolute atomic E-state index is 7.43. The third kappa shape index (κ3) is 1.45. The lowest BCUT2D eigenvalue weighted by Gasteiger charge is -2.17. The Balaban J connectivity index is 2.78. The molecule has 1 rings (SSSR count). The summed E-state index contributed by atoms with van der Waals surface area (Å²) in [4.78, 5) is 0. The van der Waals surface area contributed by atoms with Crippen molar-refractivity contribution in [3.05, 3.63) is 11.1 Å². The largest absolute Gasteiger partial charge is 0.313 e. The number of hydrogen-bond acceptors (Lipinski definition) is 2. The van der Waals surface area contributed by atoms with Crippen LogP contribution in [0, 0.1) is 5.41 Å².